The van der Waals surface area contributed by atoms with Crippen molar-refractivity contribution in [2.24, 2.45) is 0 Å². The van der Waals surface area contributed by atoms with Crippen LogP contribution in [0.2, 0.25) is 0 Å². The Morgan fingerprint density at radius 2 is 2.17 bits per heavy atom. The minimum atomic E-state index is -0.134. The van der Waals surface area contributed by atoms with Crippen molar-refractivity contribution in [3.63, 3.8) is 0 Å². The topological polar surface area (TPSA) is 17.8 Å². The van der Waals surface area contributed by atoms with E-state index in [1.807, 2.05) is 29.2 Å². The molecule has 1 unspecified atom stereocenters. The number of alkyl halides is 1. The van der Waals surface area contributed by atoms with Crippen LogP contribution in [0.3, 0.4) is 0 Å². The lowest BCUT2D eigenvalue weighted by atomic mass is 9.95. The minimum absolute atomic E-state index is 0.134. The van der Waals surface area contributed by atoms with Crippen LogP contribution >= 0.6 is 15.9 Å². The molecule has 1 aromatic heterocycles. The number of aryl methyl sites for hydroxylation is 1. The molecular formula is C14H16BrFN2. The van der Waals surface area contributed by atoms with Crippen molar-refractivity contribution in [3.8, 4) is 0 Å². The van der Waals surface area contributed by atoms with Crippen LogP contribution in [0.25, 0.3) is 0 Å². The van der Waals surface area contributed by atoms with E-state index >= 15 is 0 Å². The number of hydrogen-bond acceptors (Lipinski definition) is 1. The summed E-state index contributed by atoms with van der Waals surface area (Å²) in [5.41, 5.74) is 1.91. The Kier molecular flexibility index (Phi) is 4.53. The van der Waals surface area contributed by atoms with Crippen LogP contribution in [-0.4, -0.2) is 15.1 Å². The normalized spacial score (nSPS) is 12.6. The maximum absolute atomic E-state index is 13.8. The zero-order chi connectivity index (χ0) is 13.0. The van der Waals surface area contributed by atoms with E-state index < -0.39 is 0 Å². The van der Waals surface area contributed by atoms with Crippen molar-refractivity contribution in [2.75, 3.05) is 5.33 Å². The highest BCUT2D eigenvalue weighted by Crippen LogP contribution is 2.25. The standard InChI is InChI=1S/C14H16BrFN2/c1-2-18-10-11(9-17-18)7-12(8-15)13-5-3-4-6-14(13)16/h3-6,9-10,12H,2,7-8H2,1H3. The third kappa shape index (κ3) is 2.99. The van der Waals surface area contributed by atoms with Gasteiger partial charge < -0.3 is 0 Å². The number of hydrogen-bond donors (Lipinski definition) is 0. The predicted molar refractivity (Wildman–Crippen MR) is 74.5 cm³/mol. The minimum Gasteiger partial charge on any atom is -0.273 e. The van der Waals surface area contributed by atoms with E-state index in [0.29, 0.717) is 0 Å². The van der Waals surface area contributed by atoms with Crippen LogP contribution in [-0.2, 0) is 13.0 Å². The molecule has 18 heavy (non-hydrogen) atoms. The van der Waals surface area contributed by atoms with E-state index in [-0.39, 0.29) is 11.7 Å². The number of benzene rings is 1. The molecule has 0 saturated carbocycles. The molecule has 1 heterocycles. The first-order valence-electron chi connectivity index (χ1n) is 6.06. The van der Waals surface area contributed by atoms with Crippen molar-refractivity contribution in [3.05, 3.63) is 53.6 Å². The Hall–Kier alpha value is -1.16. The van der Waals surface area contributed by atoms with Gasteiger partial charge in [0, 0.05) is 24.0 Å². The van der Waals surface area contributed by atoms with Crippen molar-refractivity contribution in [1.82, 2.24) is 9.78 Å². The molecule has 4 heteroatoms. The second kappa shape index (κ2) is 6.14. The highest BCUT2D eigenvalue weighted by molar-refractivity contribution is 9.09. The van der Waals surface area contributed by atoms with Gasteiger partial charge in [0.1, 0.15) is 5.82 Å². The summed E-state index contributed by atoms with van der Waals surface area (Å²) in [5.74, 6) is 0.00513. The Morgan fingerprint density at radius 1 is 1.39 bits per heavy atom. The van der Waals surface area contributed by atoms with Crippen LogP contribution in [0.15, 0.2) is 36.7 Å². The summed E-state index contributed by atoms with van der Waals surface area (Å²) in [4.78, 5) is 0. The van der Waals surface area contributed by atoms with Crippen molar-refractivity contribution < 1.29 is 4.39 Å². The van der Waals surface area contributed by atoms with E-state index in [2.05, 4.69) is 28.0 Å². The summed E-state index contributed by atoms with van der Waals surface area (Å²) in [6.45, 7) is 2.91. The molecule has 0 fully saturated rings. The zero-order valence-electron chi connectivity index (χ0n) is 10.3. The second-order valence-electron chi connectivity index (χ2n) is 4.28. The molecule has 0 aliphatic rings. The first kappa shape index (κ1) is 13.3. The summed E-state index contributed by atoms with van der Waals surface area (Å²) in [6, 6.07) is 6.97. The van der Waals surface area contributed by atoms with Crippen LogP contribution in [0.4, 0.5) is 4.39 Å². The summed E-state index contributed by atoms with van der Waals surface area (Å²) in [7, 11) is 0. The van der Waals surface area contributed by atoms with E-state index in [1.54, 1.807) is 6.07 Å². The van der Waals surface area contributed by atoms with Gasteiger partial charge in [-0.1, -0.05) is 34.1 Å². The first-order chi connectivity index (χ1) is 8.74. The molecule has 0 bridgehead atoms. The quantitative estimate of drug-likeness (QED) is 0.769. The fourth-order valence-corrected chi connectivity index (χ4v) is 2.60. The lowest BCUT2D eigenvalue weighted by Crippen LogP contribution is -2.06. The lowest BCUT2D eigenvalue weighted by Gasteiger charge is -2.14. The van der Waals surface area contributed by atoms with Crippen molar-refractivity contribution in [1.29, 1.82) is 0 Å². The van der Waals surface area contributed by atoms with Crippen LogP contribution in [0, 0.1) is 5.82 Å². The summed E-state index contributed by atoms with van der Waals surface area (Å²) < 4.78 is 15.6. The van der Waals surface area contributed by atoms with Gasteiger partial charge >= 0.3 is 0 Å². The van der Waals surface area contributed by atoms with Crippen LogP contribution in [0.1, 0.15) is 24.0 Å². The van der Waals surface area contributed by atoms with Gasteiger partial charge in [-0.15, -0.1) is 0 Å². The fourth-order valence-electron chi connectivity index (χ4n) is 2.02. The van der Waals surface area contributed by atoms with Gasteiger partial charge in [-0.2, -0.15) is 5.10 Å². The van der Waals surface area contributed by atoms with Gasteiger partial charge in [-0.3, -0.25) is 4.68 Å². The first-order valence-corrected chi connectivity index (χ1v) is 7.18. The molecule has 0 spiro atoms. The van der Waals surface area contributed by atoms with Crippen molar-refractivity contribution >= 4 is 15.9 Å². The van der Waals surface area contributed by atoms with Crippen molar-refractivity contribution in [2.45, 2.75) is 25.8 Å². The number of halogens is 2. The smallest absolute Gasteiger partial charge is 0.126 e. The molecule has 2 nitrogen and oxygen atoms in total. The van der Waals surface area contributed by atoms with E-state index in [1.165, 1.54) is 6.07 Å². The maximum Gasteiger partial charge on any atom is 0.126 e. The maximum atomic E-state index is 13.8. The molecule has 0 aliphatic carbocycles. The lowest BCUT2D eigenvalue weighted by molar-refractivity contribution is 0.590. The van der Waals surface area contributed by atoms with Crippen LogP contribution < -0.4 is 0 Å². The molecule has 0 radical (unpaired) electrons. The average Bonchev–Trinajstić information content (AvgIpc) is 2.85. The van der Waals surface area contributed by atoms with Crippen LogP contribution in [0.5, 0.6) is 0 Å². The van der Waals surface area contributed by atoms with Gasteiger partial charge in [-0.05, 0) is 30.5 Å². The summed E-state index contributed by atoms with van der Waals surface area (Å²) in [5, 5.41) is 4.99. The Bertz CT molecular complexity index is 510. The Morgan fingerprint density at radius 3 is 2.78 bits per heavy atom. The Labute approximate surface area is 115 Å². The van der Waals surface area contributed by atoms with Gasteiger partial charge in [0.15, 0.2) is 0 Å². The third-order valence-electron chi connectivity index (χ3n) is 3.02. The molecule has 96 valence electrons. The molecule has 0 amide bonds. The van der Waals surface area contributed by atoms with E-state index in [0.717, 1.165) is 29.4 Å². The zero-order valence-corrected chi connectivity index (χ0v) is 11.9. The molecule has 0 aliphatic heterocycles. The fraction of sp³-hybridized carbons (Fsp3) is 0.357. The number of rotatable bonds is 5. The molecular weight excluding hydrogens is 295 g/mol. The Balaban J connectivity index is 2.17. The SMILES string of the molecule is CCn1cc(CC(CBr)c2ccccc2F)cn1. The average molecular weight is 311 g/mol. The molecule has 1 atom stereocenters. The summed E-state index contributed by atoms with van der Waals surface area (Å²) >= 11 is 3.47. The van der Waals surface area contributed by atoms with Gasteiger partial charge in [0.2, 0.25) is 0 Å². The summed E-state index contributed by atoms with van der Waals surface area (Å²) in [6.07, 6.45) is 4.68. The number of nitrogens with zero attached hydrogens (tertiary/aromatic N) is 2. The molecule has 2 aromatic rings. The molecule has 0 N–H and O–H groups in total. The largest absolute Gasteiger partial charge is 0.273 e. The van der Waals surface area contributed by atoms with E-state index in [4.69, 9.17) is 0 Å². The van der Waals surface area contributed by atoms with Gasteiger partial charge in [-0.25, -0.2) is 4.39 Å². The van der Waals surface area contributed by atoms with Gasteiger partial charge in [0.05, 0.1) is 6.20 Å². The molecule has 2 rings (SSSR count). The monoisotopic (exact) mass is 310 g/mol. The predicted octanol–water partition coefficient (Wildman–Crippen LogP) is 3.76. The highest BCUT2D eigenvalue weighted by Gasteiger charge is 2.15. The third-order valence-corrected chi connectivity index (χ3v) is 3.81. The highest BCUT2D eigenvalue weighted by atomic mass is 79.9. The van der Waals surface area contributed by atoms with E-state index in [9.17, 15) is 4.39 Å². The number of aromatic nitrogens is 2. The van der Waals surface area contributed by atoms with Gasteiger partial charge in [0.25, 0.3) is 0 Å². The second-order valence-corrected chi connectivity index (χ2v) is 4.93. The molecule has 1 aromatic carbocycles. The molecule has 0 saturated heterocycles.